The van der Waals surface area contributed by atoms with Gasteiger partial charge in [0.1, 0.15) is 5.82 Å². The number of amidine groups is 1. The van der Waals surface area contributed by atoms with Crippen LogP contribution in [0.4, 0.5) is 10.1 Å². The molecule has 0 saturated carbocycles. The molecule has 2 N–H and O–H groups in total. The van der Waals surface area contributed by atoms with Crippen molar-refractivity contribution in [3.8, 4) is 0 Å². The Balaban J connectivity index is 2.87. The zero-order chi connectivity index (χ0) is 10.6. The predicted octanol–water partition coefficient (Wildman–Crippen LogP) is 2.92. The Labute approximate surface area is 83.7 Å². The maximum atomic E-state index is 12.9. The Kier molecular flexibility index (Phi) is 3.63. The van der Waals surface area contributed by atoms with E-state index >= 15 is 0 Å². The second-order valence-electron chi connectivity index (χ2n) is 3.29. The minimum atomic E-state index is -0.210. The van der Waals surface area contributed by atoms with Gasteiger partial charge in [-0.3, -0.25) is 0 Å². The molecule has 14 heavy (non-hydrogen) atoms. The molecule has 0 aliphatic heterocycles. The molecule has 0 aromatic heterocycles. The van der Waals surface area contributed by atoms with E-state index in [9.17, 15) is 4.39 Å². The summed E-state index contributed by atoms with van der Waals surface area (Å²) < 4.78 is 12.9. The lowest BCUT2D eigenvalue weighted by molar-refractivity contribution is 0.618. The van der Waals surface area contributed by atoms with Gasteiger partial charge in [0, 0.05) is 6.42 Å². The average molecular weight is 194 g/mol. The fraction of sp³-hybridized carbons (Fsp3) is 0.364. The number of aliphatic imine (C=N–C) groups is 1. The summed E-state index contributed by atoms with van der Waals surface area (Å²) in [6, 6.07) is 4.73. The number of nitrogens with two attached hydrogens (primary N) is 1. The summed E-state index contributed by atoms with van der Waals surface area (Å²) in [5, 5.41) is 0. The summed E-state index contributed by atoms with van der Waals surface area (Å²) in [6.07, 6.45) is 1.74. The van der Waals surface area contributed by atoms with Gasteiger partial charge in [0.25, 0.3) is 0 Å². The second kappa shape index (κ2) is 4.74. The molecule has 1 rings (SSSR count). The van der Waals surface area contributed by atoms with Gasteiger partial charge in [-0.25, -0.2) is 9.38 Å². The van der Waals surface area contributed by atoms with E-state index < -0.39 is 0 Å². The van der Waals surface area contributed by atoms with E-state index in [1.54, 1.807) is 19.1 Å². The van der Waals surface area contributed by atoms with Crippen molar-refractivity contribution in [3.63, 3.8) is 0 Å². The molecule has 0 atom stereocenters. The molecule has 1 aromatic rings. The number of nitrogens with zero attached hydrogens (tertiary/aromatic N) is 1. The lowest BCUT2D eigenvalue weighted by Crippen LogP contribution is -2.09. The highest BCUT2D eigenvalue weighted by Gasteiger charge is 1.98. The van der Waals surface area contributed by atoms with Crippen molar-refractivity contribution in [2.24, 2.45) is 10.7 Å². The lowest BCUT2D eigenvalue weighted by atomic mass is 10.2. The SMILES string of the molecule is CCCC(N)=Nc1ccc(F)c(C)c1. The molecule has 0 saturated heterocycles. The molecule has 76 valence electrons. The molecule has 0 heterocycles. The van der Waals surface area contributed by atoms with Crippen molar-refractivity contribution in [3.05, 3.63) is 29.6 Å². The molecule has 3 heteroatoms. The van der Waals surface area contributed by atoms with Crippen molar-refractivity contribution in [1.29, 1.82) is 0 Å². The van der Waals surface area contributed by atoms with Crippen LogP contribution in [-0.4, -0.2) is 5.84 Å². The summed E-state index contributed by atoms with van der Waals surface area (Å²) in [5.41, 5.74) is 6.97. The Hall–Kier alpha value is -1.38. The molecular formula is C11H15FN2. The monoisotopic (exact) mass is 194 g/mol. The van der Waals surface area contributed by atoms with Gasteiger partial charge in [0.15, 0.2) is 0 Å². The highest BCUT2D eigenvalue weighted by molar-refractivity contribution is 5.83. The van der Waals surface area contributed by atoms with Crippen molar-refractivity contribution >= 4 is 11.5 Å². The lowest BCUT2D eigenvalue weighted by Gasteiger charge is -2.00. The fourth-order valence-electron chi connectivity index (χ4n) is 1.18. The Morgan fingerprint density at radius 1 is 1.50 bits per heavy atom. The minimum absolute atomic E-state index is 0.210. The maximum absolute atomic E-state index is 12.9. The van der Waals surface area contributed by atoms with Gasteiger partial charge in [0.05, 0.1) is 11.5 Å². The summed E-state index contributed by atoms with van der Waals surface area (Å²) >= 11 is 0. The molecule has 0 spiro atoms. The van der Waals surface area contributed by atoms with E-state index in [4.69, 9.17) is 5.73 Å². The average Bonchev–Trinajstić information content (AvgIpc) is 2.12. The summed E-state index contributed by atoms with van der Waals surface area (Å²) in [7, 11) is 0. The molecule has 1 aromatic carbocycles. The number of benzene rings is 1. The van der Waals surface area contributed by atoms with Gasteiger partial charge >= 0.3 is 0 Å². The smallest absolute Gasteiger partial charge is 0.126 e. The number of halogens is 1. The maximum Gasteiger partial charge on any atom is 0.126 e. The van der Waals surface area contributed by atoms with Crippen LogP contribution in [0.25, 0.3) is 0 Å². The van der Waals surface area contributed by atoms with Crippen LogP contribution in [0.1, 0.15) is 25.3 Å². The van der Waals surface area contributed by atoms with E-state index in [2.05, 4.69) is 4.99 Å². The summed E-state index contributed by atoms with van der Waals surface area (Å²) in [6.45, 7) is 3.75. The third-order valence-electron chi connectivity index (χ3n) is 1.92. The fourth-order valence-corrected chi connectivity index (χ4v) is 1.18. The first-order valence-corrected chi connectivity index (χ1v) is 4.72. The first-order chi connectivity index (χ1) is 6.63. The number of hydrogen-bond donors (Lipinski definition) is 1. The molecule has 0 aliphatic carbocycles. The van der Waals surface area contributed by atoms with Gasteiger partial charge < -0.3 is 5.73 Å². The summed E-state index contributed by atoms with van der Waals surface area (Å²) in [5.74, 6) is 0.386. The number of rotatable bonds is 3. The molecular weight excluding hydrogens is 179 g/mol. The standard InChI is InChI=1S/C11H15FN2/c1-3-4-11(13)14-9-5-6-10(12)8(2)7-9/h5-7H,3-4H2,1-2H3,(H2,13,14). The van der Waals surface area contributed by atoms with Crippen LogP contribution in [0.5, 0.6) is 0 Å². The van der Waals surface area contributed by atoms with Crippen LogP contribution >= 0.6 is 0 Å². The largest absolute Gasteiger partial charge is 0.387 e. The molecule has 0 amide bonds. The molecule has 2 nitrogen and oxygen atoms in total. The molecule has 0 bridgehead atoms. The van der Waals surface area contributed by atoms with Crippen molar-refractivity contribution in [2.45, 2.75) is 26.7 Å². The molecule has 0 fully saturated rings. The zero-order valence-electron chi connectivity index (χ0n) is 8.55. The molecule has 0 aliphatic rings. The van der Waals surface area contributed by atoms with Gasteiger partial charge in [-0.15, -0.1) is 0 Å². The van der Waals surface area contributed by atoms with Crippen LogP contribution in [0.3, 0.4) is 0 Å². The van der Waals surface area contributed by atoms with E-state index in [0.29, 0.717) is 11.4 Å². The molecule has 0 unspecified atom stereocenters. The Morgan fingerprint density at radius 2 is 2.21 bits per heavy atom. The van der Waals surface area contributed by atoms with Crippen molar-refractivity contribution in [1.82, 2.24) is 0 Å². The van der Waals surface area contributed by atoms with Crippen LogP contribution in [0.15, 0.2) is 23.2 Å². The van der Waals surface area contributed by atoms with Gasteiger partial charge in [-0.2, -0.15) is 0 Å². The first kappa shape index (κ1) is 10.7. The highest BCUT2D eigenvalue weighted by atomic mass is 19.1. The van der Waals surface area contributed by atoms with Crippen LogP contribution in [-0.2, 0) is 0 Å². The van der Waals surface area contributed by atoms with Gasteiger partial charge in [-0.1, -0.05) is 6.92 Å². The zero-order valence-corrected chi connectivity index (χ0v) is 8.55. The first-order valence-electron chi connectivity index (χ1n) is 4.72. The van der Waals surface area contributed by atoms with Gasteiger partial charge in [0.2, 0.25) is 0 Å². The van der Waals surface area contributed by atoms with E-state index in [1.807, 2.05) is 6.92 Å². The molecule has 0 radical (unpaired) electrons. The predicted molar refractivity (Wildman–Crippen MR) is 57.3 cm³/mol. The van der Waals surface area contributed by atoms with Gasteiger partial charge in [-0.05, 0) is 37.1 Å². The van der Waals surface area contributed by atoms with Crippen LogP contribution in [0, 0.1) is 12.7 Å². The van der Waals surface area contributed by atoms with Crippen LogP contribution < -0.4 is 5.73 Å². The minimum Gasteiger partial charge on any atom is -0.387 e. The highest BCUT2D eigenvalue weighted by Crippen LogP contribution is 2.16. The topological polar surface area (TPSA) is 38.4 Å². The Morgan fingerprint density at radius 3 is 2.79 bits per heavy atom. The quantitative estimate of drug-likeness (QED) is 0.583. The van der Waals surface area contributed by atoms with E-state index in [-0.39, 0.29) is 5.82 Å². The van der Waals surface area contributed by atoms with Crippen molar-refractivity contribution < 1.29 is 4.39 Å². The van der Waals surface area contributed by atoms with E-state index in [1.165, 1.54) is 6.07 Å². The van der Waals surface area contributed by atoms with Crippen LogP contribution in [0.2, 0.25) is 0 Å². The van der Waals surface area contributed by atoms with Crippen molar-refractivity contribution in [2.75, 3.05) is 0 Å². The third kappa shape index (κ3) is 2.83. The summed E-state index contributed by atoms with van der Waals surface area (Å²) in [4.78, 5) is 4.18. The Bertz CT molecular complexity index is 345. The normalized spacial score (nSPS) is 11.8. The number of hydrogen-bond acceptors (Lipinski definition) is 1. The second-order valence-corrected chi connectivity index (χ2v) is 3.29. The van der Waals surface area contributed by atoms with E-state index in [0.717, 1.165) is 18.5 Å². The third-order valence-corrected chi connectivity index (χ3v) is 1.92. The number of aryl methyl sites for hydroxylation is 1.